The first-order valence-corrected chi connectivity index (χ1v) is 7.42. The van der Waals surface area contributed by atoms with Gasteiger partial charge in [0.25, 0.3) is 0 Å². The van der Waals surface area contributed by atoms with E-state index in [4.69, 9.17) is 5.11 Å². The van der Waals surface area contributed by atoms with E-state index in [1.807, 2.05) is 24.3 Å². The van der Waals surface area contributed by atoms with Gasteiger partial charge in [-0.3, -0.25) is 9.59 Å². The van der Waals surface area contributed by atoms with Crippen LogP contribution in [0.5, 0.6) is 0 Å². The maximum absolute atomic E-state index is 11.6. The number of hydrogen-bond donors (Lipinski definition) is 3. The van der Waals surface area contributed by atoms with Crippen LogP contribution in [0.4, 0.5) is 5.13 Å². The molecule has 8 heteroatoms. The van der Waals surface area contributed by atoms with E-state index in [9.17, 15) is 9.59 Å². The maximum Gasteiger partial charge on any atom is 0.303 e. The summed E-state index contributed by atoms with van der Waals surface area (Å²) in [5, 5.41) is 13.3. The van der Waals surface area contributed by atoms with Crippen molar-refractivity contribution >= 4 is 39.4 Å². The smallest absolute Gasteiger partial charge is 0.303 e. The first kappa shape index (κ1) is 14.2. The van der Waals surface area contributed by atoms with Crippen LogP contribution in [0.25, 0.3) is 22.6 Å². The first-order valence-electron chi connectivity index (χ1n) is 6.54. The number of anilines is 1. The van der Waals surface area contributed by atoms with Gasteiger partial charge in [0.15, 0.2) is 11.0 Å². The van der Waals surface area contributed by atoms with Crippen molar-refractivity contribution in [1.82, 2.24) is 15.0 Å². The number of para-hydroxylation sites is 2. The minimum atomic E-state index is -1.00. The van der Waals surface area contributed by atoms with Crippen molar-refractivity contribution in [2.45, 2.75) is 12.8 Å². The summed E-state index contributed by atoms with van der Waals surface area (Å²) in [6.07, 6.45) is -0.275. The fourth-order valence-electron chi connectivity index (χ4n) is 1.92. The van der Waals surface area contributed by atoms with E-state index < -0.39 is 5.97 Å². The Morgan fingerprint density at radius 1 is 1.23 bits per heavy atom. The fraction of sp³-hybridized carbons (Fsp3) is 0.143. The largest absolute Gasteiger partial charge is 0.481 e. The number of aliphatic carboxylic acids is 1. The number of aromatic nitrogens is 3. The Kier molecular flexibility index (Phi) is 3.84. The third-order valence-corrected chi connectivity index (χ3v) is 3.71. The molecule has 1 amide bonds. The summed E-state index contributed by atoms with van der Waals surface area (Å²) in [5.74, 6) is -0.742. The Morgan fingerprint density at radius 3 is 2.82 bits per heavy atom. The summed E-state index contributed by atoms with van der Waals surface area (Å²) in [4.78, 5) is 33.9. The molecule has 0 radical (unpaired) electrons. The van der Waals surface area contributed by atoms with Gasteiger partial charge >= 0.3 is 5.97 Å². The molecule has 0 aliphatic carbocycles. The molecule has 2 heterocycles. The van der Waals surface area contributed by atoms with E-state index in [0.717, 1.165) is 11.0 Å². The van der Waals surface area contributed by atoms with Gasteiger partial charge in [-0.25, -0.2) is 9.97 Å². The number of hydrogen-bond acceptors (Lipinski definition) is 5. The number of H-pyrrole nitrogens is 1. The van der Waals surface area contributed by atoms with Crippen LogP contribution in [0.2, 0.25) is 0 Å². The number of nitrogens with one attached hydrogen (secondary N) is 2. The number of thiazole rings is 1. The van der Waals surface area contributed by atoms with E-state index >= 15 is 0 Å². The lowest BCUT2D eigenvalue weighted by Gasteiger charge is -1.98. The van der Waals surface area contributed by atoms with E-state index in [0.29, 0.717) is 16.6 Å². The zero-order valence-corrected chi connectivity index (χ0v) is 12.2. The number of aromatic amines is 1. The van der Waals surface area contributed by atoms with Crippen molar-refractivity contribution in [3.63, 3.8) is 0 Å². The molecular formula is C14H12N4O3S. The molecule has 2 aromatic heterocycles. The molecule has 0 aliphatic rings. The maximum atomic E-state index is 11.6. The van der Waals surface area contributed by atoms with E-state index in [-0.39, 0.29) is 18.7 Å². The number of rotatable bonds is 5. The Labute approximate surface area is 129 Å². The molecule has 0 fully saturated rings. The van der Waals surface area contributed by atoms with Crippen molar-refractivity contribution < 1.29 is 14.7 Å². The van der Waals surface area contributed by atoms with Crippen LogP contribution < -0.4 is 5.32 Å². The average Bonchev–Trinajstić information content (AvgIpc) is 3.11. The normalized spacial score (nSPS) is 10.7. The molecule has 112 valence electrons. The minimum Gasteiger partial charge on any atom is -0.481 e. The van der Waals surface area contributed by atoms with Gasteiger partial charge in [-0.2, -0.15) is 0 Å². The van der Waals surface area contributed by atoms with Gasteiger partial charge in [0.2, 0.25) is 5.91 Å². The molecule has 0 spiro atoms. The predicted molar refractivity (Wildman–Crippen MR) is 82.7 cm³/mol. The number of nitrogens with zero attached hydrogens (tertiary/aromatic N) is 2. The number of imidazole rings is 1. The Hall–Kier alpha value is -2.74. The first-order chi connectivity index (χ1) is 10.6. The zero-order valence-electron chi connectivity index (χ0n) is 11.4. The average molecular weight is 316 g/mol. The second kappa shape index (κ2) is 5.94. The Balaban J connectivity index is 1.73. The highest BCUT2D eigenvalue weighted by molar-refractivity contribution is 7.14. The van der Waals surface area contributed by atoms with Crippen LogP contribution in [-0.2, 0) is 9.59 Å². The molecule has 0 unspecified atom stereocenters. The molecule has 0 atom stereocenters. The fourth-order valence-corrected chi connectivity index (χ4v) is 2.63. The standard InChI is InChI=1S/C14H12N4O3S/c19-11(5-6-12(20)21)18-14-17-10(7-22-14)13-15-8-3-1-2-4-9(8)16-13/h1-4,7H,5-6H2,(H,15,16)(H,20,21)(H,17,18,19). The van der Waals surface area contributed by atoms with Gasteiger partial charge in [0, 0.05) is 11.8 Å². The topological polar surface area (TPSA) is 108 Å². The van der Waals surface area contributed by atoms with Gasteiger partial charge in [-0.05, 0) is 12.1 Å². The molecule has 3 aromatic rings. The van der Waals surface area contributed by atoms with Crippen molar-refractivity contribution in [2.75, 3.05) is 5.32 Å². The number of carbonyl (C=O) groups is 2. The number of carbonyl (C=O) groups excluding carboxylic acids is 1. The lowest BCUT2D eigenvalue weighted by molar-refractivity contribution is -0.138. The number of amides is 1. The van der Waals surface area contributed by atoms with Crippen molar-refractivity contribution in [3.8, 4) is 11.5 Å². The Bertz CT molecular complexity index is 806. The molecule has 22 heavy (non-hydrogen) atoms. The SMILES string of the molecule is O=C(O)CCC(=O)Nc1nc(-c2nc3ccccc3[nH]2)cs1. The molecule has 7 nitrogen and oxygen atoms in total. The number of carboxylic acids is 1. The molecule has 0 saturated carbocycles. The van der Waals surface area contributed by atoms with Crippen molar-refractivity contribution in [3.05, 3.63) is 29.6 Å². The second-order valence-electron chi connectivity index (χ2n) is 4.58. The highest BCUT2D eigenvalue weighted by Crippen LogP contribution is 2.24. The number of benzene rings is 1. The quantitative estimate of drug-likeness (QED) is 0.670. The van der Waals surface area contributed by atoms with Gasteiger partial charge in [-0.15, -0.1) is 11.3 Å². The molecule has 1 aromatic carbocycles. The van der Waals surface area contributed by atoms with Crippen molar-refractivity contribution in [1.29, 1.82) is 0 Å². The van der Waals surface area contributed by atoms with Crippen molar-refractivity contribution in [2.24, 2.45) is 0 Å². The molecule has 3 rings (SSSR count). The summed E-state index contributed by atoms with van der Waals surface area (Å²) in [7, 11) is 0. The minimum absolute atomic E-state index is 0.0745. The summed E-state index contributed by atoms with van der Waals surface area (Å²) in [5.41, 5.74) is 2.39. The molecule has 3 N–H and O–H groups in total. The summed E-state index contributed by atoms with van der Waals surface area (Å²) in [6, 6.07) is 7.64. The highest BCUT2D eigenvalue weighted by Gasteiger charge is 2.12. The van der Waals surface area contributed by atoms with Gasteiger partial charge in [0.05, 0.1) is 17.5 Å². The third-order valence-electron chi connectivity index (χ3n) is 2.95. The van der Waals surface area contributed by atoms with Gasteiger partial charge < -0.3 is 15.4 Å². The predicted octanol–water partition coefficient (Wildman–Crippen LogP) is 2.49. The van der Waals surface area contributed by atoms with E-state index in [1.165, 1.54) is 11.3 Å². The monoisotopic (exact) mass is 316 g/mol. The third kappa shape index (κ3) is 3.12. The van der Waals surface area contributed by atoms with Crippen LogP contribution >= 0.6 is 11.3 Å². The van der Waals surface area contributed by atoms with Crippen LogP contribution in [0.1, 0.15) is 12.8 Å². The zero-order chi connectivity index (χ0) is 15.5. The second-order valence-corrected chi connectivity index (χ2v) is 5.44. The molecule has 0 saturated heterocycles. The van der Waals surface area contributed by atoms with Crippen LogP contribution in [0, 0.1) is 0 Å². The van der Waals surface area contributed by atoms with E-state index in [2.05, 4.69) is 20.3 Å². The number of fused-ring (bicyclic) bond motifs is 1. The Morgan fingerprint density at radius 2 is 2.05 bits per heavy atom. The van der Waals surface area contributed by atoms with E-state index in [1.54, 1.807) is 5.38 Å². The lowest BCUT2D eigenvalue weighted by Crippen LogP contribution is -2.12. The van der Waals surface area contributed by atoms with Gasteiger partial charge in [-0.1, -0.05) is 12.1 Å². The highest BCUT2D eigenvalue weighted by atomic mass is 32.1. The van der Waals surface area contributed by atoms with Crippen LogP contribution in [0.3, 0.4) is 0 Å². The lowest BCUT2D eigenvalue weighted by atomic mass is 10.3. The van der Waals surface area contributed by atoms with Crippen LogP contribution in [-0.4, -0.2) is 31.9 Å². The number of carboxylic acid groups (broad SMARTS) is 1. The molecular weight excluding hydrogens is 304 g/mol. The molecule has 0 bridgehead atoms. The molecule has 0 aliphatic heterocycles. The van der Waals surface area contributed by atoms with Gasteiger partial charge in [0.1, 0.15) is 5.69 Å². The van der Waals surface area contributed by atoms with Crippen LogP contribution in [0.15, 0.2) is 29.6 Å². The summed E-state index contributed by atoms with van der Waals surface area (Å²) in [6.45, 7) is 0. The summed E-state index contributed by atoms with van der Waals surface area (Å²) < 4.78 is 0. The summed E-state index contributed by atoms with van der Waals surface area (Å²) >= 11 is 1.27.